The van der Waals surface area contributed by atoms with Crippen molar-refractivity contribution < 1.29 is 0 Å². The SMILES string of the molecule is CCC/C=C(\C=C(C)C)C(C)CSC. The number of hydrogen-bond donors (Lipinski definition) is 0. The second-order valence-electron chi connectivity index (χ2n) is 4.07. The summed E-state index contributed by atoms with van der Waals surface area (Å²) in [4.78, 5) is 0. The Balaban J connectivity index is 4.46. The summed E-state index contributed by atoms with van der Waals surface area (Å²) < 4.78 is 0. The number of allylic oxidation sites excluding steroid dienone is 4. The van der Waals surface area contributed by atoms with E-state index in [0.717, 1.165) is 0 Å². The van der Waals surface area contributed by atoms with Gasteiger partial charge in [-0.15, -0.1) is 0 Å². The molecule has 0 nitrogen and oxygen atoms in total. The van der Waals surface area contributed by atoms with Gasteiger partial charge < -0.3 is 0 Å². The maximum absolute atomic E-state index is 2.40. The van der Waals surface area contributed by atoms with E-state index in [0.29, 0.717) is 5.92 Å². The lowest BCUT2D eigenvalue weighted by atomic mass is 9.99. The van der Waals surface area contributed by atoms with Crippen LogP contribution in [0.2, 0.25) is 0 Å². The van der Waals surface area contributed by atoms with Crippen molar-refractivity contribution in [3.63, 3.8) is 0 Å². The highest BCUT2D eigenvalue weighted by Gasteiger charge is 2.04. The Morgan fingerprint density at radius 2 is 2.00 bits per heavy atom. The van der Waals surface area contributed by atoms with E-state index in [-0.39, 0.29) is 0 Å². The van der Waals surface area contributed by atoms with Gasteiger partial charge in [0.1, 0.15) is 0 Å². The lowest BCUT2D eigenvalue weighted by Gasteiger charge is -2.12. The summed E-state index contributed by atoms with van der Waals surface area (Å²) in [5.74, 6) is 1.91. The van der Waals surface area contributed by atoms with E-state index >= 15 is 0 Å². The van der Waals surface area contributed by atoms with Crippen molar-refractivity contribution in [3.8, 4) is 0 Å². The lowest BCUT2D eigenvalue weighted by Crippen LogP contribution is -2.01. The summed E-state index contributed by atoms with van der Waals surface area (Å²) >= 11 is 1.93. The molecular weight excluding hydrogens is 188 g/mol. The molecule has 0 saturated heterocycles. The highest BCUT2D eigenvalue weighted by molar-refractivity contribution is 7.98. The topological polar surface area (TPSA) is 0 Å². The predicted molar refractivity (Wildman–Crippen MR) is 70.0 cm³/mol. The first-order valence-corrected chi connectivity index (χ1v) is 6.85. The molecule has 0 spiro atoms. The van der Waals surface area contributed by atoms with Gasteiger partial charge in [0.2, 0.25) is 0 Å². The summed E-state index contributed by atoms with van der Waals surface area (Å²) in [6, 6.07) is 0. The van der Waals surface area contributed by atoms with E-state index in [9.17, 15) is 0 Å². The zero-order valence-electron chi connectivity index (χ0n) is 10.3. The molecule has 0 saturated carbocycles. The zero-order valence-corrected chi connectivity index (χ0v) is 11.1. The van der Waals surface area contributed by atoms with E-state index in [1.807, 2.05) is 11.8 Å². The van der Waals surface area contributed by atoms with Gasteiger partial charge in [0, 0.05) is 0 Å². The van der Waals surface area contributed by atoms with Crippen LogP contribution in [0.3, 0.4) is 0 Å². The zero-order chi connectivity index (χ0) is 11.0. The van der Waals surface area contributed by atoms with Gasteiger partial charge in [0.15, 0.2) is 0 Å². The van der Waals surface area contributed by atoms with Crippen LogP contribution in [0.4, 0.5) is 0 Å². The molecule has 0 radical (unpaired) electrons. The molecule has 0 aromatic heterocycles. The molecule has 0 amide bonds. The first-order valence-electron chi connectivity index (χ1n) is 5.45. The molecule has 82 valence electrons. The molecule has 0 aromatic rings. The standard InChI is InChI=1S/C13H24S/c1-6-7-8-13(9-11(2)3)12(4)10-14-5/h8-9,12H,6-7,10H2,1-5H3/b13-8+. The summed E-state index contributed by atoms with van der Waals surface area (Å²) in [5, 5.41) is 0. The summed E-state index contributed by atoms with van der Waals surface area (Å²) in [5.41, 5.74) is 2.92. The van der Waals surface area contributed by atoms with E-state index in [2.05, 4.69) is 46.1 Å². The van der Waals surface area contributed by atoms with Crippen LogP contribution >= 0.6 is 11.8 Å². The molecule has 1 unspecified atom stereocenters. The van der Waals surface area contributed by atoms with Gasteiger partial charge in [-0.25, -0.2) is 0 Å². The van der Waals surface area contributed by atoms with Gasteiger partial charge in [0.05, 0.1) is 0 Å². The molecule has 0 heterocycles. The van der Waals surface area contributed by atoms with Crippen molar-refractivity contribution in [2.24, 2.45) is 5.92 Å². The average molecular weight is 212 g/mol. The number of unbranched alkanes of at least 4 members (excludes halogenated alkanes) is 1. The minimum absolute atomic E-state index is 0.687. The Bertz CT molecular complexity index is 197. The van der Waals surface area contributed by atoms with Crippen molar-refractivity contribution in [2.75, 3.05) is 12.0 Å². The van der Waals surface area contributed by atoms with Crippen molar-refractivity contribution in [1.82, 2.24) is 0 Å². The van der Waals surface area contributed by atoms with Crippen molar-refractivity contribution in [3.05, 3.63) is 23.3 Å². The second-order valence-corrected chi connectivity index (χ2v) is 4.98. The molecule has 1 atom stereocenters. The third-order valence-corrected chi connectivity index (χ3v) is 2.94. The highest BCUT2D eigenvalue weighted by Crippen LogP contribution is 2.19. The quantitative estimate of drug-likeness (QED) is 0.576. The monoisotopic (exact) mass is 212 g/mol. The van der Waals surface area contributed by atoms with Gasteiger partial charge in [-0.3, -0.25) is 0 Å². The van der Waals surface area contributed by atoms with Crippen LogP contribution in [0, 0.1) is 5.92 Å². The third-order valence-electron chi connectivity index (χ3n) is 2.11. The fourth-order valence-electron chi connectivity index (χ4n) is 1.39. The van der Waals surface area contributed by atoms with Gasteiger partial charge in [-0.05, 0) is 43.8 Å². The van der Waals surface area contributed by atoms with E-state index < -0.39 is 0 Å². The molecule has 1 heteroatoms. The van der Waals surface area contributed by atoms with Gasteiger partial charge in [0.25, 0.3) is 0 Å². The van der Waals surface area contributed by atoms with Crippen LogP contribution in [-0.2, 0) is 0 Å². The van der Waals surface area contributed by atoms with Crippen molar-refractivity contribution in [1.29, 1.82) is 0 Å². The normalized spacial score (nSPS) is 13.9. The molecular formula is C13H24S. The number of thioether (sulfide) groups is 1. The van der Waals surface area contributed by atoms with Crippen LogP contribution < -0.4 is 0 Å². The van der Waals surface area contributed by atoms with Crippen LogP contribution in [0.15, 0.2) is 23.3 Å². The van der Waals surface area contributed by atoms with E-state index in [1.165, 1.54) is 29.7 Å². The number of hydrogen-bond acceptors (Lipinski definition) is 1. The molecule has 0 bridgehead atoms. The Labute approximate surface area is 93.9 Å². The van der Waals surface area contributed by atoms with Crippen molar-refractivity contribution in [2.45, 2.75) is 40.5 Å². The van der Waals surface area contributed by atoms with Gasteiger partial charge in [-0.2, -0.15) is 11.8 Å². The fraction of sp³-hybridized carbons (Fsp3) is 0.692. The second kappa shape index (κ2) is 8.16. The van der Waals surface area contributed by atoms with Crippen molar-refractivity contribution >= 4 is 11.8 Å². The largest absolute Gasteiger partial charge is 0.165 e. The molecule has 0 aliphatic carbocycles. The molecule has 0 aliphatic heterocycles. The molecule has 0 rings (SSSR count). The number of rotatable bonds is 6. The first kappa shape index (κ1) is 13.8. The Morgan fingerprint density at radius 3 is 2.43 bits per heavy atom. The smallest absolute Gasteiger partial charge is 0.000408 e. The van der Waals surface area contributed by atoms with Crippen LogP contribution in [0.5, 0.6) is 0 Å². The maximum Gasteiger partial charge on any atom is -0.000408 e. The van der Waals surface area contributed by atoms with Crippen LogP contribution in [-0.4, -0.2) is 12.0 Å². The lowest BCUT2D eigenvalue weighted by molar-refractivity contribution is 0.791. The molecule has 0 fully saturated rings. The molecule has 0 N–H and O–H groups in total. The fourth-order valence-corrected chi connectivity index (χ4v) is 2.09. The Hall–Kier alpha value is -0.170. The van der Waals surface area contributed by atoms with Gasteiger partial charge >= 0.3 is 0 Å². The van der Waals surface area contributed by atoms with E-state index in [4.69, 9.17) is 0 Å². The summed E-state index contributed by atoms with van der Waals surface area (Å²) in [7, 11) is 0. The third kappa shape index (κ3) is 6.31. The minimum atomic E-state index is 0.687. The predicted octanol–water partition coefficient (Wildman–Crippen LogP) is 4.68. The molecule has 0 aliphatic rings. The van der Waals surface area contributed by atoms with Gasteiger partial charge in [-0.1, -0.05) is 38.0 Å². The average Bonchev–Trinajstić information content (AvgIpc) is 2.12. The summed E-state index contributed by atoms with van der Waals surface area (Å²) in [6.07, 6.45) is 9.35. The van der Waals surface area contributed by atoms with Crippen LogP contribution in [0.1, 0.15) is 40.5 Å². The minimum Gasteiger partial charge on any atom is -0.165 e. The Morgan fingerprint density at radius 1 is 1.36 bits per heavy atom. The molecule has 14 heavy (non-hydrogen) atoms. The first-order chi connectivity index (χ1) is 6.61. The Kier molecular flexibility index (Phi) is 8.07. The highest BCUT2D eigenvalue weighted by atomic mass is 32.2. The molecule has 0 aromatic carbocycles. The summed E-state index contributed by atoms with van der Waals surface area (Å²) in [6.45, 7) is 8.89. The van der Waals surface area contributed by atoms with Crippen LogP contribution in [0.25, 0.3) is 0 Å². The maximum atomic E-state index is 2.40. The van der Waals surface area contributed by atoms with E-state index in [1.54, 1.807) is 0 Å².